The molecule has 2 nitrogen and oxygen atoms in total. The standard InChI is InChI=1S/C26H30F6NOS/c1-18(35-2)12-19-6-7-20(13-22(19)17-34-11-10-33-8-4-3-5-9-33)21-14-23(25(27,28)29)16-24(15-21)26(30,31)32/h6-7,13-16,18H,1,3-5,8-12,17H2,2H3. The van der Waals surface area contributed by atoms with Crippen LogP contribution >= 0.6 is 11.8 Å². The molecule has 1 saturated heterocycles. The maximum absolute atomic E-state index is 13.3. The summed E-state index contributed by atoms with van der Waals surface area (Å²) in [5.41, 5.74) is -0.843. The Morgan fingerprint density at radius 3 is 2.09 bits per heavy atom. The van der Waals surface area contributed by atoms with Crippen molar-refractivity contribution in [3.63, 3.8) is 0 Å². The van der Waals surface area contributed by atoms with Crippen LogP contribution in [0.4, 0.5) is 26.3 Å². The van der Waals surface area contributed by atoms with Gasteiger partial charge < -0.3 is 9.64 Å². The normalized spacial score (nSPS) is 16.5. The molecule has 1 aliphatic heterocycles. The van der Waals surface area contributed by atoms with Crippen LogP contribution in [0, 0.1) is 6.92 Å². The SMILES string of the molecule is [CH2]C(Cc1ccc(-c2cc(C(F)(F)F)cc(C(F)(F)F)c2)cc1COCCN1CCCCC1)SC. The second kappa shape index (κ2) is 12.0. The summed E-state index contributed by atoms with van der Waals surface area (Å²) in [7, 11) is 0. The molecule has 0 bridgehead atoms. The molecule has 0 aliphatic carbocycles. The highest BCUT2D eigenvalue weighted by atomic mass is 32.2. The first kappa shape index (κ1) is 27.9. The minimum atomic E-state index is -4.89. The first-order chi connectivity index (χ1) is 16.5. The number of hydrogen-bond donors (Lipinski definition) is 0. The zero-order valence-corrected chi connectivity index (χ0v) is 20.5. The van der Waals surface area contributed by atoms with E-state index in [4.69, 9.17) is 4.74 Å². The van der Waals surface area contributed by atoms with Crippen molar-refractivity contribution in [3.8, 4) is 11.1 Å². The first-order valence-electron chi connectivity index (χ1n) is 11.5. The van der Waals surface area contributed by atoms with Crippen LogP contribution in [0.2, 0.25) is 0 Å². The van der Waals surface area contributed by atoms with Crippen molar-refractivity contribution >= 4 is 11.8 Å². The molecule has 193 valence electrons. The molecule has 1 heterocycles. The van der Waals surface area contributed by atoms with Crippen LogP contribution in [-0.4, -0.2) is 42.6 Å². The Balaban J connectivity index is 1.88. The van der Waals surface area contributed by atoms with Crippen molar-refractivity contribution in [1.82, 2.24) is 4.90 Å². The molecular formula is C26H30F6NOS. The summed E-state index contributed by atoms with van der Waals surface area (Å²) in [5, 5.41) is 0.0540. The Bertz CT molecular complexity index is 937. The van der Waals surface area contributed by atoms with E-state index in [-0.39, 0.29) is 29.1 Å². The fourth-order valence-electron chi connectivity index (χ4n) is 4.15. The number of ether oxygens (including phenoxy) is 1. The first-order valence-corrected chi connectivity index (χ1v) is 12.8. The summed E-state index contributed by atoms with van der Waals surface area (Å²) in [5.74, 6) is 0. The number of hydrogen-bond acceptors (Lipinski definition) is 3. The Morgan fingerprint density at radius 2 is 1.51 bits per heavy atom. The fourth-order valence-corrected chi connectivity index (χ4v) is 4.49. The van der Waals surface area contributed by atoms with E-state index in [1.807, 2.05) is 6.26 Å². The van der Waals surface area contributed by atoms with E-state index in [1.165, 1.54) is 19.3 Å². The number of benzene rings is 2. The van der Waals surface area contributed by atoms with Crippen LogP contribution < -0.4 is 0 Å². The lowest BCUT2D eigenvalue weighted by Crippen LogP contribution is -2.32. The maximum Gasteiger partial charge on any atom is 0.416 e. The average molecular weight is 519 g/mol. The third-order valence-electron chi connectivity index (χ3n) is 6.17. The highest BCUT2D eigenvalue weighted by Crippen LogP contribution is 2.39. The summed E-state index contributed by atoms with van der Waals surface area (Å²) in [6, 6.07) is 6.62. The molecule has 9 heteroatoms. The van der Waals surface area contributed by atoms with E-state index < -0.39 is 23.5 Å². The lowest BCUT2D eigenvalue weighted by molar-refractivity contribution is -0.143. The molecule has 1 aliphatic rings. The molecule has 1 unspecified atom stereocenters. The molecule has 0 amide bonds. The third-order valence-corrected chi connectivity index (χ3v) is 7.00. The van der Waals surface area contributed by atoms with Crippen LogP contribution in [0.1, 0.15) is 41.5 Å². The number of thioether (sulfide) groups is 1. The quantitative estimate of drug-likeness (QED) is 0.252. The van der Waals surface area contributed by atoms with Crippen LogP contribution in [0.15, 0.2) is 36.4 Å². The van der Waals surface area contributed by atoms with E-state index in [0.717, 1.165) is 42.9 Å². The van der Waals surface area contributed by atoms with Gasteiger partial charge in [0.25, 0.3) is 0 Å². The highest BCUT2D eigenvalue weighted by Gasteiger charge is 2.37. The number of piperidine rings is 1. The molecule has 2 aromatic rings. The summed E-state index contributed by atoms with van der Waals surface area (Å²) in [4.78, 5) is 2.34. The molecule has 0 aromatic heterocycles. The van der Waals surface area contributed by atoms with E-state index in [9.17, 15) is 26.3 Å². The molecule has 2 aromatic carbocycles. The van der Waals surface area contributed by atoms with Crippen LogP contribution in [0.25, 0.3) is 11.1 Å². The second-order valence-electron chi connectivity index (χ2n) is 8.79. The molecule has 0 saturated carbocycles. The third kappa shape index (κ3) is 8.15. The molecule has 1 radical (unpaired) electrons. The van der Waals surface area contributed by atoms with Crippen molar-refractivity contribution in [3.05, 3.63) is 65.6 Å². The monoisotopic (exact) mass is 518 g/mol. The van der Waals surface area contributed by atoms with Gasteiger partial charge in [0.05, 0.1) is 24.3 Å². The van der Waals surface area contributed by atoms with Crippen molar-refractivity contribution in [2.45, 2.75) is 49.9 Å². The molecule has 0 spiro atoms. The lowest BCUT2D eigenvalue weighted by Gasteiger charge is -2.26. The van der Waals surface area contributed by atoms with Gasteiger partial charge in [0.1, 0.15) is 0 Å². The molecule has 3 rings (SSSR count). The van der Waals surface area contributed by atoms with Crippen LogP contribution in [0.3, 0.4) is 0 Å². The number of nitrogens with zero attached hydrogens (tertiary/aromatic N) is 1. The zero-order chi connectivity index (χ0) is 25.6. The molecular weight excluding hydrogens is 488 g/mol. The van der Waals surface area contributed by atoms with Gasteiger partial charge >= 0.3 is 12.4 Å². The molecule has 1 fully saturated rings. The lowest BCUT2D eigenvalue weighted by atomic mass is 9.94. The average Bonchev–Trinajstić information content (AvgIpc) is 2.81. The predicted molar refractivity (Wildman–Crippen MR) is 128 cm³/mol. The topological polar surface area (TPSA) is 12.5 Å². The summed E-state index contributed by atoms with van der Waals surface area (Å²) in [6.07, 6.45) is -3.66. The van der Waals surface area contributed by atoms with Gasteiger partial charge in [0.15, 0.2) is 0 Å². The summed E-state index contributed by atoms with van der Waals surface area (Å²) in [6.45, 7) is 7.67. The predicted octanol–water partition coefficient (Wildman–Crippen LogP) is 7.50. The van der Waals surface area contributed by atoms with E-state index in [0.29, 0.717) is 13.0 Å². The molecule has 1 atom stereocenters. The van der Waals surface area contributed by atoms with E-state index in [1.54, 1.807) is 30.0 Å². The second-order valence-corrected chi connectivity index (χ2v) is 9.93. The maximum atomic E-state index is 13.3. The Morgan fingerprint density at radius 1 is 0.886 bits per heavy atom. The van der Waals surface area contributed by atoms with Gasteiger partial charge in [-0.1, -0.05) is 18.6 Å². The highest BCUT2D eigenvalue weighted by molar-refractivity contribution is 7.99. The van der Waals surface area contributed by atoms with Crippen molar-refractivity contribution in [2.75, 3.05) is 32.5 Å². The van der Waals surface area contributed by atoms with Gasteiger partial charge in [-0.2, -0.15) is 38.1 Å². The summed E-state index contributed by atoms with van der Waals surface area (Å²) >= 11 is 1.58. The van der Waals surface area contributed by atoms with Crippen molar-refractivity contribution < 1.29 is 31.1 Å². The van der Waals surface area contributed by atoms with Crippen molar-refractivity contribution in [2.24, 2.45) is 0 Å². The molecule has 35 heavy (non-hydrogen) atoms. The van der Waals surface area contributed by atoms with Gasteiger partial charge in [-0.15, -0.1) is 0 Å². The van der Waals surface area contributed by atoms with Crippen LogP contribution in [-0.2, 0) is 30.1 Å². The Kier molecular flexibility index (Phi) is 9.57. The van der Waals surface area contributed by atoms with Crippen molar-refractivity contribution in [1.29, 1.82) is 0 Å². The number of alkyl halides is 6. The zero-order valence-electron chi connectivity index (χ0n) is 19.6. The van der Waals surface area contributed by atoms with Gasteiger partial charge in [-0.3, -0.25) is 0 Å². The van der Waals surface area contributed by atoms with Gasteiger partial charge in [-0.25, -0.2) is 0 Å². The van der Waals surface area contributed by atoms with Gasteiger partial charge in [-0.05, 0) is 92.1 Å². The smallest absolute Gasteiger partial charge is 0.375 e. The number of rotatable bonds is 9. The molecule has 0 N–H and O–H groups in total. The van der Waals surface area contributed by atoms with Crippen LogP contribution in [0.5, 0.6) is 0 Å². The fraction of sp³-hybridized carbons (Fsp3) is 0.500. The minimum Gasteiger partial charge on any atom is -0.375 e. The minimum absolute atomic E-state index is 0.0540. The Hall–Kier alpha value is -1.71. The van der Waals surface area contributed by atoms with Gasteiger partial charge in [0.2, 0.25) is 0 Å². The van der Waals surface area contributed by atoms with E-state index >= 15 is 0 Å². The number of halogens is 6. The summed E-state index contributed by atoms with van der Waals surface area (Å²) < 4.78 is 85.9. The number of likely N-dealkylation sites (tertiary alicyclic amines) is 1. The van der Waals surface area contributed by atoms with Gasteiger partial charge in [0, 0.05) is 11.8 Å². The largest absolute Gasteiger partial charge is 0.416 e. The van der Waals surface area contributed by atoms with E-state index in [2.05, 4.69) is 11.8 Å². The Labute approximate surface area is 207 Å².